The molecule has 0 spiro atoms. The average molecular weight is 357 g/mol. The molecule has 1 aliphatic heterocycles. The Morgan fingerprint density at radius 3 is 2.52 bits per heavy atom. The topological polar surface area (TPSA) is 61.4 Å². The predicted octanol–water partition coefficient (Wildman–Crippen LogP) is 3.27. The number of rotatable bonds is 6. The van der Waals surface area contributed by atoms with Crippen molar-refractivity contribution in [1.82, 2.24) is 10.2 Å². The summed E-state index contributed by atoms with van der Waals surface area (Å²) in [4.78, 5) is 26.6. The molecule has 25 heavy (non-hydrogen) atoms. The van der Waals surface area contributed by atoms with Gasteiger partial charge in [0.2, 0.25) is 5.91 Å². The van der Waals surface area contributed by atoms with Gasteiger partial charge in [-0.2, -0.15) is 0 Å². The van der Waals surface area contributed by atoms with Crippen LogP contribution in [0.1, 0.15) is 41.0 Å². The molecule has 2 amide bonds. The van der Waals surface area contributed by atoms with Gasteiger partial charge in [0.05, 0.1) is 15.9 Å². The summed E-state index contributed by atoms with van der Waals surface area (Å²) in [6, 6.07) is 14.0. The smallest absolute Gasteiger partial charge is 0.261 e. The molecule has 2 heterocycles. The number of hydrogen-bond donors (Lipinski definition) is 2. The van der Waals surface area contributed by atoms with Gasteiger partial charge in [0.15, 0.2) is 0 Å². The van der Waals surface area contributed by atoms with Crippen molar-refractivity contribution in [2.45, 2.75) is 25.8 Å². The Bertz CT molecular complexity index is 723. The maximum absolute atomic E-state index is 12.5. The third kappa shape index (κ3) is 4.67. The summed E-state index contributed by atoms with van der Waals surface area (Å²) in [6.45, 7) is 4.18. The highest BCUT2D eigenvalue weighted by atomic mass is 32.1. The van der Waals surface area contributed by atoms with Crippen molar-refractivity contribution in [2.24, 2.45) is 0 Å². The Labute approximate surface area is 152 Å². The molecule has 0 bridgehead atoms. The number of nitrogens with zero attached hydrogens (tertiary/aromatic N) is 1. The Kier molecular flexibility index (Phi) is 5.83. The summed E-state index contributed by atoms with van der Waals surface area (Å²) >= 11 is 1.29. The van der Waals surface area contributed by atoms with Crippen LogP contribution in [0.25, 0.3) is 0 Å². The molecule has 1 aromatic heterocycles. The van der Waals surface area contributed by atoms with Crippen molar-refractivity contribution >= 4 is 28.2 Å². The normalized spacial score (nSPS) is 15.7. The van der Waals surface area contributed by atoms with Gasteiger partial charge >= 0.3 is 0 Å². The van der Waals surface area contributed by atoms with Gasteiger partial charge < -0.3 is 10.6 Å². The molecule has 1 aromatic carbocycles. The van der Waals surface area contributed by atoms with Crippen molar-refractivity contribution in [3.05, 3.63) is 52.9 Å². The van der Waals surface area contributed by atoms with E-state index in [-0.39, 0.29) is 17.9 Å². The fraction of sp³-hybridized carbons (Fsp3) is 0.368. The van der Waals surface area contributed by atoms with Gasteiger partial charge in [-0.05, 0) is 43.6 Å². The van der Waals surface area contributed by atoms with Crippen LogP contribution in [0.5, 0.6) is 0 Å². The fourth-order valence-corrected chi connectivity index (χ4v) is 4.03. The number of likely N-dealkylation sites (tertiary alicyclic amines) is 1. The third-order valence-corrected chi connectivity index (χ3v) is 5.35. The summed E-state index contributed by atoms with van der Waals surface area (Å²) in [5.74, 6) is -0.228. The zero-order chi connectivity index (χ0) is 17.6. The van der Waals surface area contributed by atoms with Gasteiger partial charge in [-0.3, -0.25) is 14.5 Å². The number of anilines is 1. The van der Waals surface area contributed by atoms with Gasteiger partial charge in [-0.15, -0.1) is 11.3 Å². The van der Waals surface area contributed by atoms with Crippen molar-refractivity contribution in [1.29, 1.82) is 0 Å². The largest absolute Gasteiger partial charge is 0.349 e. The molecule has 0 unspecified atom stereocenters. The molecular weight excluding hydrogens is 334 g/mol. The number of benzene rings is 1. The second-order valence-electron chi connectivity index (χ2n) is 6.22. The molecule has 6 heteroatoms. The highest BCUT2D eigenvalue weighted by Gasteiger charge is 2.24. The Balaban J connectivity index is 1.65. The van der Waals surface area contributed by atoms with Crippen LogP contribution in [0.2, 0.25) is 0 Å². The maximum Gasteiger partial charge on any atom is 0.261 e. The van der Waals surface area contributed by atoms with Crippen LogP contribution in [0, 0.1) is 0 Å². The van der Waals surface area contributed by atoms with E-state index >= 15 is 0 Å². The van der Waals surface area contributed by atoms with E-state index < -0.39 is 0 Å². The quantitative estimate of drug-likeness (QED) is 0.834. The molecule has 3 rings (SSSR count). The minimum absolute atomic E-state index is 0.0956. The molecular formula is C19H23N3O2S. The molecule has 0 radical (unpaired) electrons. The molecule has 0 saturated carbocycles. The summed E-state index contributed by atoms with van der Waals surface area (Å²) in [5, 5.41) is 6.46. The maximum atomic E-state index is 12.5. The Morgan fingerprint density at radius 1 is 1.12 bits per heavy atom. The average Bonchev–Trinajstić information content (AvgIpc) is 3.27. The molecule has 132 valence electrons. The number of nitrogens with one attached hydrogen (secondary N) is 2. The van der Waals surface area contributed by atoms with E-state index in [1.807, 2.05) is 18.2 Å². The first-order chi connectivity index (χ1) is 12.1. The Hall–Kier alpha value is -2.18. The van der Waals surface area contributed by atoms with Gasteiger partial charge in [0.1, 0.15) is 0 Å². The first-order valence-corrected chi connectivity index (χ1v) is 9.40. The van der Waals surface area contributed by atoms with Crippen LogP contribution in [-0.4, -0.2) is 36.3 Å². The van der Waals surface area contributed by atoms with Crippen molar-refractivity contribution < 1.29 is 9.59 Å². The molecule has 1 fully saturated rings. The van der Waals surface area contributed by atoms with Crippen LogP contribution in [0.3, 0.4) is 0 Å². The van der Waals surface area contributed by atoms with E-state index in [1.165, 1.54) is 36.7 Å². The lowest BCUT2D eigenvalue weighted by atomic mass is 10.1. The number of hydrogen-bond acceptors (Lipinski definition) is 4. The highest BCUT2D eigenvalue weighted by Crippen LogP contribution is 2.25. The molecule has 5 nitrogen and oxygen atoms in total. The van der Waals surface area contributed by atoms with Crippen molar-refractivity contribution in [2.75, 3.05) is 25.0 Å². The van der Waals surface area contributed by atoms with Gasteiger partial charge in [-0.1, -0.05) is 30.3 Å². The lowest BCUT2D eigenvalue weighted by Gasteiger charge is -2.28. The molecule has 1 atom stereocenters. The molecule has 1 saturated heterocycles. The predicted molar refractivity (Wildman–Crippen MR) is 101 cm³/mol. The first-order valence-electron chi connectivity index (χ1n) is 8.58. The highest BCUT2D eigenvalue weighted by molar-refractivity contribution is 7.18. The van der Waals surface area contributed by atoms with E-state index in [0.29, 0.717) is 16.4 Å². The first kappa shape index (κ1) is 17.6. The van der Waals surface area contributed by atoms with Gasteiger partial charge in [-0.25, -0.2) is 0 Å². The van der Waals surface area contributed by atoms with Crippen LogP contribution in [-0.2, 0) is 4.79 Å². The van der Waals surface area contributed by atoms with Crippen molar-refractivity contribution in [3.8, 4) is 0 Å². The standard InChI is InChI=1S/C19H23N3O2S/c1-14(23)21-18-10-9-17(25-18)19(24)20-13-16(22-11-5-6-12-22)15-7-3-2-4-8-15/h2-4,7-10,16H,5-6,11-13H2,1H3,(H,20,24)(H,21,23)/t16-/m1/s1. The van der Waals surface area contributed by atoms with Crippen LogP contribution in [0.15, 0.2) is 42.5 Å². The van der Waals surface area contributed by atoms with E-state index in [0.717, 1.165) is 13.1 Å². The number of carbonyl (C=O) groups excluding carboxylic acids is 2. The van der Waals surface area contributed by atoms with Crippen LogP contribution in [0.4, 0.5) is 5.00 Å². The van der Waals surface area contributed by atoms with Gasteiger partial charge in [0, 0.05) is 13.5 Å². The molecule has 2 aromatic rings. The minimum atomic E-state index is -0.132. The van der Waals surface area contributed by atoms with E-state index in [4.69, 9.17) is 0 Å². The zero-order valence-corrected chi connectivity index (χ0v) is 15.1. The summed E-state index contributed by atoms with van der Waals surface area (Å²) in [6.07, 6.45) is 2.42. The van der Waals surface area contributed by atoms with E-state index in [1.54, 1.807) is 12.1 Å². The lowest BCUT2D eigenvalue weighted by molar-refractivity contribution is -0.114. The van der Waals surface area contributed by atoms with Crippen LogP contribution >= 0.6 is 11.3 Å². The summed E-state index contributed by atoms with van der Waals surface area (Å²) in [5.41, 5.74) is 1.23. The van der Waals surface area contributed by atoms with Crippen molar-refractivity contribution in [3.63, 3.8) is 0 Å². The molecule has 0 aliphatic carbocycles. The second kappa shape index (κ2) is 8.27. The zero-order valence-electron chi connectivity index (χ0n) is 14.3. The Morgan fingerprint density at radius 2 is 1.84 bits per heavy atom. The fourth-order valence-electron chi connectivity index (χ4n) is 3.16. The summed E-state index contributed by atoms with van der Waals surface area (Å²) < 4.78 is 0. The third-order valence-electron chi connectivity index (χ3n) is 4.35. The lowest BCUT2D eigenvalue weighted by Crippen LogP contribution is -2.36. The minimum Gasteiger partial charge on any atom is -0.349 e. The molecule has 2 N–H and O–H groups in total. The van der Waals surface area contributed by atoms with Crippen LogP contribution < -0.4 is 10.6 Å². The van der Waals surface area contributed by atoms with Gasteiger partial charge in [0.25, 0.3) is 5.91 Å². The number of thiophene rings is 1. The molecule has 1 aliphatic rings. The second-order valence-corrected chi connectivity index (χ2v) is 7.31. The number of carbonyl (C=O) groups is 2. The SMILES string of the molecule is CC(=O)Nc1ccc(C(=O)NC[C@H](c2ccccc2)N2CCCC2)s1. The number of amides is 2. The summed E-state index contributed by atoms with van der Waals surface area (Å²) in [7, 11) is 0. The van der Waals surface area contributed by atoms with E-state index in [2.05, 4.69) is 27.7 Å². The monoisotopic (exact) mass is 357 g/mol. The van der Waals surface area contributed by atoms with E-state index in [9.17, 15) is 9.59 Å².